The van der Waals surface area contributed by atoms with Gasteiger partial charge in [-0.15, -0.1) is 0 Å². The number of alkyl halides is 1. The van der Waals surface area contributed by atoms with Crippen LogP contribution in [0, 0.1) is 0 Å². The average molecular weight is 374 g/mol. The number of hydrogen-bond donors (Lipinski definition) is 0. The Labute approximate surface area is 157 Å². The largest absolute Gasteiger partial charge is 0.367 e. The summed E-state index contributed by atoms with van der Waals surface area (Å²) in [6, 6.07) is 19.2. The molecular weight excluding hydrogens is 351 g/mol. The summed E-state index contributed by atoms with van der Waals surface area (Å²) in [5.41, 5.74) is 1.84. The first-order chi connectivity index (χ1) is 13.3. The Kier molecular flexibility index (Phi) is 5.80. The summed E-state index contributed by atoms with van der Waals surface area (Å²) in [6.07, 6.45) is -4.91. The number of rotatable bonds is 5. The van der Waals surface area contributed by atoms with E-state index in [2.05, 4.69) is 0 Å². The third kappa shape index (κ3) is 4.05. The third-order valence-electron chi connectivity index (χ3n) is 4.85. The van der Waals surface area contributed by atoms with Gasteiger partial charge in [0.1, 0.15) is 18.3 Å². The van der Waals surface area contributed by atoms with Crippen LogP contribution in [-0.4, -0.2) is 44.5 Å². The lowest BCUT2D eigenvalue weighted by molar-refractivity contribution is -0.356. The van der Waals surface area contributed by atoms with E-state index in [0.717, 1.165) is 11.1 Å². The number of halogens is 1. The van der Waals surface area contributed by atoms with Gasteiger partial charge in [-0.3, -0.25) is 0 Å². The van der Waals surface area contributed by atoms with Gasteiger partial charge in [0.25, 0.3) is 0 Å². The molecule has 0 radical (unpaired) electrons. The van der Waals surface area contributed by atoms with Crippen molar-refractivity contribution in [2.75, 3.05) is 13.7 Å². The molecule has 2 aromatic rings. The van der Waals surface area contributed by atoms with E-state index in [-0.39, 0.29) is 13.2 Å². The van der Waals surface area contributed by atoms with Crippen LogP contribution in [0.25, 0.3) is 0 Å². The Morgan fingerprint density at radius 1 is 1.00 bits per heavy atom. The van der Waals surface area contributed by atoms with E-state index in [9.17, 15) is 0 Å². The smallest absolute Gasteiger partial charge is 0.191 e. The van der Waals surface area contributed by atoms with Gasteiger partial charge in [0.15, 0.2) is 18.8 Å². The molecule has 0 aromatic heterocycles. The fourth-order valence-electron chi connectivity index (χ4n) is 3.46. The molecule has 5 nitrogen and oxygen atoms in total. The molecule has 2 heterocycles. The zero-order chi connectivity index (χ0) is 18.6. The quantitative estimate of drug-likeness (QED) is 0.803. The molecule has 0 amide bonds. The average Bonchev–Trinajstić information content (AvgIpc) is 2.74. The Morgan fingerprint density at radius 2 is 1.70 bits per heavy atom. The molecule has 4 rings (SSSR count). The summed E-state index contributed by atoms with van der Waals surface area (Å²) in [7, 11) is 1.42. The molecule has 6 atom stereocenters. The number of methoxy groups -OCH3 is 1. The molecule has 144 valence electrons. The first-order valence-corrected chi connectivity index (χ1v) is 9.06. The summed E-state index contributed by atoms with van der Waals surface area (Å²) in [4.78, 5) is 0. The number of ether oxygens (including phenoxy) is 5. The van der Waals surface area contributed by atoms with Gasteiger partial charge in [0.2, 0.25) is 0 Å². The predicted molar refractivity (Wildman–Crippen MR) is 95.6 cm³/mol. The van der Waals surface area contributed by atoms with E-state index in [1.807, 2.05) is 60.7 Å². The highest BCUT2D eigenvalue weighted by atomic mass is 19.1. The number of hydrogen-bond acceptors (Lipinski definition) is 5. The van der Waals surface area contributed by atoms with Gasteiger partial charge in [-0.2, -0.15) is 0 Å². The van der Waals surface area contributed by atoms with Crippen molar-refractivity contribution >= 4 is 0 Å². The van der Waals surface area contributed by atoms with Gasteiger partial charge in [0, 0.05) is 12.7 Å². The molecule has 6 heteroatoms. The number of fused-ring (bicyclic) bond motifs is 1. The molecule has 0 aliphatic carbocycles. The molecule has 0 spiro atoms. The van der Waals surface area contributed by atoms with Crippen molar-refractivity contribution in [2.24, 2.45) is 0 Å². The van der Waals surface area contributed by atoms with Crippen molar-refractivity contribution in [3.8, 4) is 0 Å². The van der Waals surface area contributed by atoms with E-state index in [1.165, 1.54) is 7.11 Å². The van der Waals surface area contributed by atoms with E-state index >= 15 is 4.39 Å². The summed E-state index contributed by atoms with van der Waals surface area (Å²) >= 11 is 0. The van der Waals surface area contributed by atoms with Gasteiger partial charge < -0.3 is 23.7 Å². The van der Waals surface area contributed by atoms with Crippen LogP contribution in [0.5, 0.6) is 0 Å². The lowest BCUT2D eigenvalue weighted by Gasteiger charge is -2.46. The zero-order valence-corrected chi connectivity index (χ0v) is 15.1. The van der Waals surface area contributed by atoms with Crippen molar-refractivity contribution in [1.29, 1.82) is 0 Å². The normalized spacial score (nSPS) is 33.4. The van der Waals surface area contributed by atoms with Crippen LogP contribution < -0.4 is 0 Å². The van der Waals surface area contributed by atoms with Crippen LogP contribution in [-0.2, 0) is 30.3 Å². The van der Waals surface area contributed by atoms with Crippen LogP contribution in [0.4, 0.5) is 4.39 Å². The summed E-state index contributed by atoms with van der Waals surface area (Å²) in [5, 5.41) is 0. The topological polar surface area (TPSA) is 46.2 Å². The SMILES string of the molecule is CO[C@@H]1O[C@@H]2CO[C@@H](c3ccccc3)O[C@H]2[C@H](OCc2ccccc2)[C@@H]1F. The fourth-order valence-corrected chi connectivity index (χ4v) is 3.46. The monoisotopic (exact) mass is 374 g/mol. The Bertz CT molecular complexity index is 713. The van der Waals surface area contributed by atoms with Gasteiger partial charge >= 0.3 is 0 Å². The fraction of sp³-hybridized carbons (Fsp3) is 0.429. The molecule has 2 aliphatic heterocycles. The maximum absolute atomic E-state index is 15.0. The summed E-state index contributed by atoms with van der Waals surface area (Å²) in [5.74, 6) is 0. The lowest BCUT2D eigenvalue weighted by Crippen LogP contribution is -2.61. The minimum absolute atomic E-state index is 0.280. The highest BCUT2D eigenvalue weighted by molar-refractivity contribution is 5.17. The van der Waals surface area contributed by atoms with E-state index in [0.29, 0.717) is 0 Å². The molecule has 2 fully saturated rings. The molecular formula is C21H23FO5. The minimum atomic E-state index is -1.46. The van der Waals surface area contributed by atoms with Crippen molar-refractivity contribution in [2.45, 2.75) is 43.7 Å². The first kappa shape index (κ1) is 18.5. The highest BCUT2D eigenvalue weighted by Crippen LogP contribution is 2.36. The minimum Gasteiger partial charge on any atom is -0.367 e. The van der Waals surface area contributed by atoms with E-state index < -0.39 is 37.1 Å². The number of benzene rings is 2. The molecule has 0 unspecified atom stereocenters. The molecule has 2 saturated heterocycles. The Balaban J connectivity index is 1.51. The molecule has 2 aromatic carbocycles. The van der Waals surface area contributed by atoms with E-state index in [4.69, 9.17) is 23.7 Å². The second-order valence-corrected chi connectivity index (χ2v) is 6.66. The molecule has 0 N–H and O–H groups in total. The maximum Gasteiger partial charge on any atom is 0.191 e. The highest BCUT2D eigenvalue weighted by Gasteiger charge is 2.51. The summed E-state index contributed by atoms with van der Waals surface area (Å²) < 4.78 is 43.7. The van der Waals surface area contributed by atoms with Gasteiger partial charge in [-0.25, -0.2) is 4.39 Å². The van der Waals surface area contributed by atoms with Gasteiger partial charge in [-0.05, 0) is 5.56 Å². The standard InChI is InChI=1S/C21H23FO5/c1-23-21-17(22)19(24-12-14-8-4-2-5-9-14)18-16(26-21)13-25-20(27-18)15-10-6-3-7-11-15/h2-11,16-21H,12-13H2,1H3/t16-,17+,18-,19-,20-,21-/m1/s1. The second kappa shape index (κ2) is 8.46. The second-order valence-electron chi connectivity index (χ2n) is 6.66. The Hall–Kier alpha value is -1.83. The molecule has 2 aliphatic rings. The van der Waals surface area contributed by atoms with Crippen LogP contribution in [0.3, 0.4) is 0 Å². The van der Waals surface area contributed by atoms with E-state index in [1.54, 1.807) is 0 Å². The Morgan fingerprint density at radius 3 is 2.41 bits per heavy atom. The van der Waals surface area contributed by atoms with Gasteiger partial charge in [0.05, 0.1) is 13.2 Å². The molecule has 27 heavy (non-hydrogen) atoms. The van der Waals surface area contributed by atoms with Crippen LogP contribution in [0.15, 0.2) is 60.7 Å². The summed E-state index contributed by atoms with van der Waals surface area (Å²) in [6.45, 7) is 0.563. The van der Waals surface area contributed by atoms with Crippen LogP contribution >= 0.6 is 0 Å². The van der Waals surface area contributed by atoms with Crippen LogP contribution in [0.2, 0.25) is 0 Å². The van der Waals surface area contributed by atoms with Crippen molar-refractivity contribution < 1.29 is 28.1 Å². The van der Waals surface area contributed by atoms with Crippen LogP contribution in [0.1, 0.15) is 17.4 Å². The van der Waals surface area contributed by atoms with Crippen molar-refractivity contribution in [1.82, 2.24) is 0 Å². The third-order valence-corrected chi connectivity index (χ3v) is 4.85. The van der Waals surface area contributed by atoms with Gasteiger partial charge in [-0.1, -0.05) is 60.7 Å². The first-order valence-electron chi connectivity index (χ1n) is 9.06. The lowest BCUT2D eigenvalue weighted by atomic mass is 9.98. The van der Waals surface area contributed by atoms with Crippen molar-refractivity contribution in [3.63, 3.8) is 0 Å². The van der Waals surface area contributed by atoms with Crippen molar-refractivity contribution in [3.05, 3.63) is 71.8 Å². The maximum atomic E-state index is 15.0. The predicted octanol–water partition coefficient (Wildman–Crippen LogP) is 3.40. The molecule has 0 bridgehead atoms. The molecule has 0 saturated carbocycles. The zero-order valence-electron chi connectivity index (χ0n) is 15.1.